The molecule has 1 amide bonds. The smallest absolute Gasteiger partial charge is 0.240 e. The molecule has 1 saturated heterocycles. The van der Waals surface area contributed by atoms with Gasteiger partial charge in [-0.1, -0.05) is 6.07 Å². The maximum absolute atomic E-state index is 12.3. The van der Waals surface area contributed by atoms with Crippen molar-refractivity contribution in [2.24, 2.45) is 0 Å². The summed E-state index contributed by atoms with van der Waals surface area (Å²) in [5, 5.41) is 12.8. The van der Waals surface area contributed by atoms with E-state index in [-0.39, 0.29) is 30.1 Å². The third-order valence-electron chi connectivity index (χ3n) is 3.87. The van der Waals surface area contributed by atoms with Crippen LogP contribution >= 0.6 is 12.4 Å². The Labute approximate surface area is 119 Å². The van der Waals surface area contributed by atoms with Crippen LogP contribution in [-0.4, -0.2) is 35.0 Å². The lowest BCUT2D eigenvalue weighted by atomic mass is 9.99. The number of halogens is 1. The fourth-order valence-electron chi connectivity index (χ4n) is 2.85. The maximum atomic E-state index is 12.3. The summed E-state index contributed by atoms with van der Waals surface area (Å²) in [5.41, 5.74) is 2.32. The van der Waals surface area contributed by atoms with Gasteiger partial charge in [0.2, 0.25) is 5.91 Å². The van der Waals surface area contributed by atoms with Crippen LogP contribution in [0.15, 0.2) is 18.2 Å². The Morgan fingerprint density at radius 2 is 2.21 bits per heavy atom. The zero-order valence-corrected chi connectivity index (χ0v) is 11.6. The maximum Gasteiger partial charge on any atom is 0.240 e. The first-order valence-electron chi connectivity index (χ1n) is 6.57. The van der Waals surface area contributed by atoms with Gasteiger partial charge in [0, 0.05) is 13.1 Å². The number of benzene rings is 1. The number of aromatic hydroxyl groups is 1. The average Bonchev–Trinajstić information content (AvgIpc) is 2.90. The van der Waals surface area contributed by atoms with Crippen molar-refractivity contribution in [3.05, 3.63) is 29.3 Å². The number of fused-ring (bicyclic) bond motifs is 1. The highest BCUT2D eigenvalue weighted by Gasteiger charge is 2.29. The van der Waals surface area contributed by atoms with Gasteiger partial charge in [0.05, 0.1) is 6.04 Å². The van der Waals surface area contributed by atoms with Crippen molar-refractivity contribution in [3.8, 4) is 5.75 Å². The van der Waals surface area contributed by atoms with Crippen molar-refractivity contribution in [1.82, 2.24) is 10.2 Å². The van der Waals surface area contributed by atoms with E-state index in [1.165, 1.54) is 5.56 Å². The van der Waals surface area contributed by atoms with E-state index < -0.39 is 0 Å². The normalized spacial score (nSPS) is 21.7. The van der Waals surface area contributed by atoms with Crippen molar-refractivity contribution in [2.75, 3.05) is 13.1 Å². The molecule has 19 heavy (non-hydrogen) atoms. The van der Waals surface area contributed by atoms with Crippen molar-refractivity contribution in [3.63, 3.8) is 0 Å². The summed E-state index contributed by atoms with van der Waals surface area (Å²) in [6.45, 7) is 2.36. The molecule has 0 saturated carbocycles. The van der Waals surface area contributed by atoms with Crippen LogP contribution in [0.5, 0.6) is 5.75 Å². The molecule has 0 aromatic heterocycles. The Balaban J connectivity index is 0.00000133. The molecule has 2 heterocycles. The molecular weight excluding hydrogens is 264 g/mol. The quantitative estimate of drug-likeness (QED) is 0.820. The van der Waals surface area contributed by atoms with Gasteiger partial charge in [-0.15, -0.1) is 12.4 Å². The Kier molecular flexibility index (Phi) is 4.32. The van der Waals surface area contributed by atoms with Crippen molar-refractivity contribution >= 4 is 18.3 Å². The highest BCUT2D eigenvalue weighted by atomic mass is 35.5. The van der Waals surface area contributed by atoms with E-state index in [2.05, 4.69) is 5.32 Å². The standard InChI is InChI=1S/C14H18N2O2.ClH/c17-12-4-3-10-5-7-16(9-11(10)8-12)14(18)13-2-1-6-15-13;/h3-4,8,13,15,17H,1-2,5-7,9H2;1H. The minimum atomic E-state index is 0. The van der Waals surface area contributed by atoms with Gasteiger partial charge in [0.15, 0.2) is 0 Å². The summed E-state index contributed by atoms with van der Waals surface area (Å²) in [4.78, 5) is 14.2. The summed E-state index contributed by atoms with van der Waals surface area (Å²) in [6, 6.07) is 5.45. The molecular formula is C14H19ClN2O2. The molecule has 1 aromatic carbocycles. The zero-order chi connectivity index (χ0) is 12.5. The van der Waals surface area contributed by atoms with E-state index in [0.29, 0.717) is 6.54 Å². The summed E-state index contributed by atoms with van der Waals surface area (Å²) >= 11 is 0. The van der Waals surface area contributed by atoms with Crippen LogP contribution in [0.4, 0.5) is 0 Å². The Morgan fingerprint density at radius 1 is 1.37 bits per heavy atom. The molecule has 1 atom stereocenters. The molecule has 0 radical (unpaired) electrons. The highest BCUT2D eigenvalue weighted by molar-refractivity contribution is 5.85. The summed E-state index contributed by atoms with van der Waals surface area (Å²) in [6.07, 6.45) is 2.91. The van der Waals surface area contributed by atoms with Crippen molar-refractivity contribution < 1.29 is 9.90 Å². The van der Waals surface area contributed by atoms with Crippen LogP contribution in [0, 0.1) is 0 Å². The van der Waals surface area contributed by atoms with Crippen LogP contribution in [-0.2, 0) is 17.8 Å². The minimum Gasteiger partial charge on any atom is -0.508 e. The van der Waals surface area contributed by atoms with Gasteiger partial charge in [0.1, 0.15) is 5.75 Å². The lowest BCUT2D eigenvalue weighted by Gasteiger charge is -2.31. The lowest BCUT2D eigenvalue weighted by Crippen LogP contribution is -2.45. The summed E-state index contributed by atoms with van der Waals surface area (Å²) in [7, 11) is 0. The number of phenolic OH excluding ortho intramolecular Hbond substituents is 1. The highest BCUT2D eigenvalue weighted by Crippen LogP contribution is 2.24. The van der Waals surface area contributed by atoms with Crippen LogP contribution in [0.25, 0.3) is 0 Å². The van der Waals surface area contributed by atoms with E-state index in [1.54, 1.807) is 12.1 Å². The summed E-state index contributed by atoms with van der Waals surface area (Å²) in [5.74, 6) is 0.489. The van der Waals surface area contributed by atoms with Gasteiger partial charge in [0.25, 0.3) is 0 Å². The lowest BCUT2D eigenvalue weighted by molar-refractivity contribution is -0.134. The molecule has 0 spiro atoms. The number of rotatable bonds is 1. The van der Waals surface area contributed by atoms with Gasteiger partial charge in [-0.05, 0) is 49.1 Å². The monoisotopic (exact) mass is 282 g/mol. The van der Waals surface area contributed by atoms with Crippen LogP contribution in [0.2, 0.25) is 0 Å². The van der Waals surface area contributed by atoms with Crippen molar-refractivity contribution in [1.29, 1.82) is 0 Å². The van der Waals surface area contributed by atoms with Gasteiger partial charge in [-0.3, -0.25) is 4.79 Å². The second kappa shape index (κ2) is 5.80. The molecule has 1 fully saturated rings. The molecule has 2 aliphatic heterocycles. The van der Waals surface area contributed by atoms with E-state index in [9.17, 15) is 9.90 Å². The number of hydrogen-bond donors (Lipinski definition) is 2. The second-order valence-electron chi connectivity index (χ2n) is 5.11. The first-order chi connectivity index (χ1) is 8.74. The van der Waals surface area contributed by atoms with Gasteiger partial charge in [-0.2, -0.15) is 0 Å². The molecule has 1 unspecified atom stereocenters. The number of carbonyl (C=O) groups is 1. The molecule has 5 heteroatoms. The molecule has 0 bridgehead atoms. The summed E-state index contributed by atoms with van der Waals surface area (Å²) < 4.78 is 0. The number of hydrogen-bond acceptors (Lipinski definition) is 3. The van der Waals surface area contributed by atoms with E-state index >= 15 is 0 Å². The van der Waals surface area contributed by atoms with E-state index in [1.807, 2.05) is 11.0 Å². The van der Waals surface area contributed by atoms with E-state index in [0.717, 1.165) is 37.9 Å². The predicted octanol–water partition coefficient (Wildman–Crippen LogP) is 1.45. The number of carbonyl (C=O) groups excluding carboxylic acids is 1. The molecule has 2 N–H and O–H groups in total. The third-order valence-corrected chi connectivity index (χ3v) is 3.87. The number of amides is 1. The van der Waals surface area contributed by atoms with Crippen LogP contribution in [0.1, 0.15) is 24.0 Å². The van der Waals surface area contributed by atoms with E-state index in [4.69, 9.17) is 0 Å². The first-order valence-corrected chi connectivity index (χ1v) is 6.57. The largest absolute Gasteiger partial charge is 0.508 e. The molecule has 0 aliphatic carbocycles. The number of nitrogens with zero attached hydrogens (tertiary/aromatic N) is 1. The SMILES string of the molecule is Cl.O=C(C1CCCN1)N1CCc2ccc(O)cc2C1. The number of phenols is 1. The molecule has 2 aliphatic rings. The Hall–Kier alpha value is -1.26. The van der Waals surface area contributed by atoms with Crippen molar-refractivity contribution in [2.45, 2.75) is 31.8 Å². The molecule has 3 rings (SSSR count). The fraction of sp³-hybridized carbons (Fsp3) is 0.500. The fourth-order valence-corrected chi connectivity index (χ4v) is 2.85. The number of nitrogens with one attached hydrogen (secondary N) is 1. The zero-order valence-electron chi connectivity index (χ0n) is 10.8. The topological polar surface area (TPSA) is 52.6 Å². The molecule has 1 aromatic rings. The average molecular weight is 283 g/mol. The minimum absolute atomic E-state index is 0. The Bertz CT molecular complexity index is 473. The second-order valence-corrected chi connectivity index (χ2v) is 5.11. The van der Waals surface area contributed by atoms with Gasteiger partial charge in [-0.25, -0.2) is 0 Å². The molecule has 104 valence electrons. The predicted molar refractivity (Wildman–Crippen MR) is 75.5 cm³/mol. The molecule has 4 nitrogen and oxygen atoms in total. The van der Waals surface area contributed by atoms with Crippen LogP contribution in [0.3, 0.4) is 0 Å². The Morgan fingerprint density at radius 3 is 2.95 bits per heavy atom. The van der Waals surface area contributed by atoms with Crippen LogP contribution < -0.4 is 5.32 Å². The van der Waals surface area contributed by atoms with Gasteiger partial charge >= 0.3 is 0 Å². The first kappa shape index (κ1) is 14.2. The third kappa shape index (κ3) is 2.85. The van der Waals surface area contributed by atoms with Gasteiger partial charge < -0.3 is 15.3 Å².